The number of carbonyl (C=O) groups is 3. The number of nitrogens with zero attached hydrogens (tertiary/aromatic N) is 3. The number of aromatic amines is 1. The molecule has 6 rings (SSSR count). The number of H-pyrrole nitrogens is 1. The number of thioether (sulfide) groups is 1. The van der Waals surface area contributed by atoms with Gasteiger partial charge in [-0.15, -0.1) is 11.8 Å². The Morgan fingerprint density at radius 2 is 1.67 bits per heavy atom. The van der Waals surface area contributed by atoms with E-state index in [-0.39, 0.29) is 43.9 Å². The minimum Gasteiger partial charge on any atom is -0.361 e. The van der Waals surface area contributed by atoms with Crippen molar-refractivity contribution in [1.82, 2.24) is 25.0 Å². The lowest BCUT2D eigenvalue weighted by atomic mass is 9.90. The Morgan fingerprint density at radius 3 is 2.31 bits per heavy atom. The number of urea groups is 1. The second-order valence-corrected chi connectivity index (χ2v) is 14.0. The Bertz CT molecular complexity index is 1820. The maximum atomic E-state index is 15.0. The van der Waals surface area contributed by atoms with E-state index in [0.717, 1.165) is 33.5 Å². The predicted octanol–water partition coefficient (Wildman–Crippen LogP) is 7.03. The van der Waals surface area contributed by atoms with Gasteiger partial charge in [-0.2, -0.15) is 13.2 Å². The predicted molar refractivity (Wildman–Crippen MR) is 180 cm³/mol. The maximum absolute atomic E-state index is 15.0. The van der Waals surface area contributed by atoms with Crippen LogP contribution in [0, 0.1) is 6.92 Å². The van der Waals surface area contributed by atoms with Gasteiger partial charge in [-0.25, -0.2) is 4.79 Å². The van der Waals surface area contributed by atoms with Crippen molar-refractivity contribution in [3.05, 3.63) is 100 Å². The second-order valence-electron chi connectivity index (χ2n) is 12.1. The number of aromatic nitrogens is 1. The molecule has 1 aromatic heterocycles. The molecule has 0 bridgehead atoms. The van der Waals surface area contributed by atoms with Crippen molar-refractivity contribution in [1.29, 1.82) is 0 Å². The zero-order valence-corrected chi connectivity index (χ0v) is 28.0. The van der Waals surface area contributed by atoms with Crippen LogP contribution in [0.2, 0.25) is 5.02 Å². The van der Waals surface area contributed by atoms with E-state index < -0.39 is 22.5 Å². The average molecular weight is 698 g/mol. The van der Waals surface area contributed by atoms with E-state index in [9.17, 15) is 22.8 Å². The number of nitrogens with one attached hydrogen (secondary N) is 2. The second kappa shape index (κ2) is 13.4. The Balaban J connectivity index is 1.45. The average Bonchev–Trinajstić information content (AvgIpc) is 3.59. The molecular formula is C35H35ClF3N5O3S. The molecule has 2 atom stereocenters. The fourth-order valence-electron chi connectivity index (χ4n) is 6.55. The molecule has 2 aliphatic heterocycles. The first-order valence-electron chi connectivity index (χ1n) is 15.7. The molecule has 2 saturated heterocycles. The highest BCUT2D eigenvalue weighted by molar-refractivity contribution is 8.01. The molecule has 8 nitrogen and oxygen atoms in total. The lowest BCUT2D eigenvalue weighted by Gasteiger charge is -2.42. The number of halogens is 4. The van der Waals surface area contributed by atoms with Crippen molar-refractivity contribution >= 4 is 52.1 Å². The number of alkyl halides is 3. The summed E-state index contributed by atoms with van der Waals surface area (Å²) >= 11 is 7.64. The number of aryl methyl sites for hydroxylation is 1. The molecule has 0 radical (unpaired) electrons. The Morgan fingerprint density at radius 1 is 1.00 bits per heavy atom. The van der Waals surface area contributed by atoms with Crippen LogP contribution in [0.1, 0.15) is 41.6 Å². The van der Waals surface area contributed by atoms with E-state index in [4.69, 9.17) is 11.6 Å². The van der Waals surface area contributed by atoms with Gasteiger partial charge in [0, 0.05) is 71.8 Å². The highest BCUT2D eigenvalue weighted by Gasteiger charge is 2.60. The van der Waals surface area contributed by atoms with Crippen LogP contribution in [0.3, 0.4) is 0 Å². The summed E-state index contributed by atoms with van der Waals surface area (Å²) in [5.74, 6) is -0.530. The van der Waals surface area contributed by atoms with Crippen LogP contribution in [0.15, 0.2) is 77.8 Å². The fourth-order valence-corrected chi connectivity index (χ4v) is 8.19. The minimum absolute atomic E-state index is 0.00362. The summed E-state index contributed by atoms with van der Waals surface area (Å²) < 4.78 is 38.8. The van der Waals surface area contributed by atoms with Gasteiger partial charge in [-0.3, -0.25) is 9.59 Å². The molecule has 0 spiro atoms. The SMILES string of the molecule is CCNC(=O)N1CCN(C(=O)C2(Sc3ccc(C)cc3)CC(=O)N(Cc3ccc(C(F)(F)F)cc3)[C@H]2c2c[nH]c3cc(Cl)ccc23)CC1. The summed E-state index contributed by atoms with van der Waals surface area (Å²) in [6.45, 7) is 5.54. The zero-order valence-electron chi connectivity index (χ0n) is 26.4. The highest BCUT2D eigenvalue weighted by atomic mass is 35.5. The molecule has 13 heteroatoms. The number of hydrogen-bond donors (Lipinski definition) is 2. The molecule has 3 aromatic carbocycles. The number of piperazine rings is 1. The van der Waals surface area contributed by atoms with Gasteiger partial charge in [0.25, 0.3) is 0 Å². The summed E-state index contributed by atoms with van der Waals surface area (Å²) in [4.78, 5) is 50.9. The van der Waals surface area contributed by atoms with E-state index in [1.807, 2.05) is 44.2 Å². The number of carbonyl (C=O) groups excluding carboxylic acids is 3. The van der Waals surface area contributed by atoms with Gasteiger partial charge in [0.15, 0.2) is 0 Å². The number of hydrogen-bond acceptors (Lipinski definition) is 4. The molecule has 4 amide bonds. The third-order valence-corrected chi connectivity index (χ3v) is 10.6. The van der Waals surface area contributed by atoms with Crippen LogP contribution in [0.25, 0.3) is 10.9 Å². The molecule has 0 aliphatic carbocycles. The summed E-state index contributed by atoms with van der Waals surface area (Å²) in [7, 11) is 0. The van der Waals surface area contributed by atoms with Gasteiger partial charge in [0.2, 0.25) is 11.8 Å². The normalized spacial score (nSPS) is 20.1. The van der Waals surface area contributed by atoms with Crippen molar-refractivity contribution in [2.75, 3.05) is 32.7 Å². The third kappa shape index (κ3) is 6.60. The molecule has 3 heterocycles. The number of rotatable bonds is 7. The summed E-state index contributed by atoms with van der Waals surface area (Å²) in [6.07, 6.45) is -2.84. The molecule has 4 aromatic rings. The molecule has 48 heavy (non-hydrogen) atoms. The van der Waals surface area contributed by atoms with Crippen molar-refractivity contribution in [2.45, 2.75) is 48.7 Å². The maximum Gasteiger partial charge on any atom is 0.416 e. The van der Waals surface area contributed by atoms with Gasteiger partial charge in [0.05, 0.1) is 18.0 Å². The summed E-state index contributed by atoms with van der Waals surface area (Å²) in [5, 5.41) is 4.10. The van der Waals surface area contributed by atoms with Crippen LogP contribution in [-0.4, -0.2) is 75.0 Å². The summed E-state index contributed by atoms with van der Waals surface area (Å²) in [6, 6.07) is 16.9. The third-order valence-electron chi connectivity index (χ3n) is 8.96. The molecule has 2 N–H and O–H groups in total. The smallest absolute Gasteiger partial charge is 0.361 e. The lowest BCUT2D eigenvalue weighted by Crippen LogP contribution is -2.58. The van der Waals surface area contributed by atoms with Crippen LogP contribution < -0.4 is 5.32 Å². The first kappa shape index (κ1) is 33.7. The van der Waals surface area contributed by atoms with Crippen LogP contribution in [-0.2, 0) is 22.3 Å². The largest absolute Gasteiger partial charge is 0.416 e. The molecule has 2 aliphatic rings. The van der Waals surface area contributed by atoms with Crippen molar-refractivity contribution < 1.29 is 27.6 Å². The number of benzene rings is 3. The number of likely N-dealkylation sites (tertiary alicyclic amines) is 1. The Kier molecular flexibility index (Phi) is 9.41. The van der Waals surface area contributed by atoms with Gasteiger partial charge in [0.1, 0.15) is 4.75 Å². The standard InChI is InChI=1S/C35H35ClF3N5O3S/c1-3-40-33(47)43-16-14-42(15-17-43)32(46)34(48-26-11-4-22(2)5-12-26)19-30(45)44(21-23-6-8-24(9-7-23)35(37,38)39)31(34)28-20-41-29-18-25(36)10-13-27(28)29/h4-13,18,20,31,41H,3,14-17,19,21H2,1-2H3,(H,40,47)/t31-,34?/m0/s1. The summed E-state index contributed by atoms with van der Waals surface area (Å²) in [5.41, 5.74) is 2.19. The van der Waals surface area contributed by atoms with Gasteiger partial charge in [-0.05, 0) is 55.8 Å². The molecule has 2 fully saturated rings. The first-order valence-corrected chi connectivity index (χ1v) is 16.9. The monoisotopic (exact) mass is 697 g/mol. The van der Waals surface area contributed by atoms with E-state index in [1.165, 1.54) is 23.9 Å². The van der Waals surface area contributed by atoms with E-state index in [2.05, 4.69) is 10.3 Å². The van der Waals surface area contributed by atoms with Gasteiger partial charge >= 0.3 is 12.2 Å². The van der Waals surface area contributed by atoms with E-state index >= 15 is 4.79 Å². The van der Waals surface area contributed by atoms with Crippen LogP contribution in [0.4, 0.5) is 18.0 Å². The van der Waals surface area contributed by atoms with Crippen molar-refractivity contribution in [3.8, 4) is 0 Å². The number of amides is 4. The number of fused-ring (bicyclic) bond motifs is 1. The molecule has 0 saturated carbocycles. The Labute approximate surface area is 285 Å². The van der Waals surface area contributed by atoms with E-state index in [0.29, 0.717) is 35.8 Å². The van der Waals surface area contributed by atoms with Gasteiger partial charge in [-0.1, -0.05) is 47.5 Å². The zero-order chi connectivity index (χ0) is 34.2. The van der Waals surface area contributed by atoms with Crippen LogP contribution in [0.5, 0.6) is 0 Å². The first-order chi connectivity index (χ1) is 22.9. The lowest BCUT2D eigenvalue weighted by molar-refractivity contribution is -0.138. The quantitative estimate of drug-likeness (QED) is 0.217. The minimum atomic E-state index is -4.50. The Hall–Kier alpha value is -4.16. The fraction of sp³-hybridized carbons (Fsp3) is 0.343. The highest BCUT2D eigenvalue weighted by Crippen LogP contribution is 2.55. The topological polar surface area (TPSA) is 88.8 Å². The van der Waals surface area contributed by atoms with E-state index in [1.54, 1.807) is 33.0 Å². The van der Waals surface area contributed by atoms with Gasteiger partial charge < -0.3 is 25.0 Å². The van der Waals surface area contributed by atoms with Crippen LogP contribution >= 0.6 is 23.4 Å². The van der Waals surface area contributed by atoms with Crippen molar-refractivity contribution in [2.24, 2.45) is 0 Å². The molecule has 1 unspecified atom stereocenters. The van der Waals surface area contributed by atoms with Crippen molar-refractivity contribution in [3.63, 3.8) is 0 Å². The molecular weight excluding hydrogens is 663 g/mol. The molecule has 252 valence electrons.